The highest BCUT2D eigenvalue weighted by atomic mass is 28.4. The third kappa shape index (κ3) is 4.84. The van der Waals surface area contributed by atoms with E-state index in [-0.39, 0.29) is 6.61 Å². The first-order valence-electron chi connectivity index (χ1n) is 4.58. The van der Waals surface area contributed by atoms with Crippen LogP contribution in [0.4, 0.5) is 0 Å². The van der Waals surface area contributed by atoms with Gasteiger partial charge < -0.3 is 13.6 Å². The molecule has 14 heavy (non-hydrogen) atoms. The average molecular weight is 221 g/mol. The van der Waals surface area contributed by atoms with Crippen LogP contribution in [-0.4, -0.2) is 45.7 Å². The van der Waals surface area contributed by atoms with Gasteiger partial charge in [-0.3, -0.25) is 4.53 Å². The summed E-state index contributed by atoms with van der Waals surface area (Å²) in [6.07, 6.45) is 1.53. The van der Waals surface area contributed by atoms with Crippen LogP contribution in [0, 0.1) is 0 Å². The van der Waals surface area contributed by atoms with Crippen molar-refractivity contribution in [3.05, 3.63) is 12.7 Å². The molecule has 5 nitrogen and oxygen atoms in total. The quantitative estimate of drug-likeness (QED) is 0.368. The summed E-state index contributed by atoms with van der Waals surface area (Å²) in [5, 5.41) is 1.58. The summed E-state index contributed by atoms with van der Waals surface area (Å²) in [4.78, 5) is 9.77. The molecule has 0 aliphatic carbocycles. The van der Waals surface area contributed by atoms with Crippen LogP contribution in [-0.2, 0) is 13.4 Å². The Morgan fingerprint density at radius 2 is 2.00 bits per heavy atom. The Morgan fingerprint density at radius 3 is 2.36 bits per heavy atom. The molecular weight excluding hydrogens is 202 g/mol. The molecule has 0 aromatic carbocycles. The third-order valence-corrected chi connectivity index (χ3v) is 3.13. The van der Waals surface area contributed by atoms with Gasteiger partial charge in [-0.1, -0.05) is 19.9 Å². The van der Waals surface area contributed by atoms with E-state index in [0.29, 0.717) is 13.1 Å². The molecule has 0 fully saturated rings. The van der Waals surface area contributed by atoms with E-state index in [1.54, 1.807) is 5.06 Å². The van der Waals surface area contributed by atoms with Crippen LogP contribution in [0.1, 0.15) is 13.8 Å². The molecule has 0 saturated carbocycles. The fourth-order valence-corrected chi connectivity index (χ4v) is 1.96. The van der Waals surface area contributed by atoms with Crippen LogP contribution in [0.5, 0.6) is 0 Å². The zero-order valence-electron chi connectivity index (χ0n) is 9.02. The van der Waals surface area contributed by atoms with E-state index in [9.17, 15) is 4.80 Å². The molecule has 1 unspecified atom stereocenters. The van der Waals surface area contributed by atoms with Crippen LogP contribution >= 0.6 is 0 Å². The molecule has 0 aromatic heterocycles. The molecule has 1 N–H and O–H groups in total. The van der Waals surface area contributed by atoms with E-state index in [4.69, 9.17) is 13.4 Å². The zero-order valence-corrected chi connectivity index (χ0v) is 10.0. The van der Waals surface area contributed by atoms with Gasteiger partial charge >= 0.3 is 9.05 Å². The molecule has 84 valence electrons. The van der Waals surface area contributed by atoms with Crippen molar-refractivity contribution in [3.8, 4) is 0 Å². The van der Waals surface area contributed by atoms with Crippen LogP contribution in [0.15, 0.2) is 12.7 Å². The fraction of sp³-hybridized carbons (Fsp3) is 0.750. The Bertz CT molecular complexity index is 165. The van der Waals surface area contributed by atoms with Gasteiger partial charge in [0.05, 0.1) is 6.61 Å². The minimum Gasteiger partial charge on any atom is -0.367 e. The summed E-state index contributed by atoms with van der Waals surface area (Å²) in [5.41, 5.74) is 0. The molecule has 0 aliphatic rings. The van der Waals surface area contributed by atoms with E-state index in [0.717, 1.165) is 0 Å². The maximum atomic E-state index is 9.77. The van der Waals surface area contributed by atoms with Gasteiger partial charge in [-0.25, -0.2) is 0 Å². The van der Waals surface area contributed by atoms with Crippen molar-refractivity contribution >= 4 is 9.05 Å². The summed E-state index contributed by atoms with van der Waals surface area (Å²) in [5.74, 6) is 0. The van der Waals surface area contributed by atoms with Gasteiger partial charge in [0, 0.05) is 20.2 Å². The lowest BCUT2D eigenvalue weighted by molar-refractivity contribution is -0.144. The van der Waals surface area contributed by atoms with Crippen molar-refractivity contribution in [1.29, 1.82) is 0 Å². The highest BCUT2D eigenvalue weighted by Crippen LogP contribution is 2.07. The Morgan fingerprint density at radius 1 is 1.43 bits per heavy atom. The van der Waals surface area contributed by atoms with Crippen molar-refractivity contribution in [1.82, 2.24) is 5.06 Å². The fourth-order valence-electron chi connectivity index (χ4n) is 0.803. The molecule has 0 amide bonds. The standard InChI is InChI=1S/C8H19NO4Si/c1-5-8-12-14(10,11-4)13-9(6-2)7-3/h5,10H,1,6-8H2,2-4H3. The van der Waals surface area contributed by atoms with Gasteiger partial charge in [-0.05, 0) is 0 Å². The molecule has 0 rings (SSSR count). The van der Waals surface area contributed by atoms with Crippen molar-refractivity contribution in [3.63, 3.8) is 0 Å². The summed E-state index contributed by atoms with van der Waals surface area (Å²) < 4.78 is 15.1. The van der Waals surface area contributed by atoms with E-state index in [1.807, 2.05) is 13.8 Å². The molecule has 1 atom stereocenters. The SMILES string of the molecule is C=CCO[Si](O)(OC)ON(CC)CC. The third-order valence-electron chi connectivity index (χ3n) is 1.59. The Labute approximate surface area is 86.3 Å². The number of hydrogen-bond donors (Lipinski definition) is 1. The van der Waals surface area contributed by atoms with E-state index < -0.39 is 9.05 Å². The van der Waals surface area contributed by atoms with Gasteiger partial charge in [0.15, 0.2) is 0 Å². The normalized spacial score (nSPS) is 15.5. The van der Waals surface area contributed by atoms with Crippen LogP contribution < -0.4 is 0 Å². The topological polar surface area (TPSA) is 51.2 Å². The van der Waals surface area contributed by atoms with Crippen LogP contribution in [0.2, 0.25) is 0 Å². The predicted octanol–water partition coefficient (Wildman–Crippen LogP) is 0.537. The molecule has 0 aliphatic heterocycles. The smallest absolute Gasteiger partial charge is 0.367 e. The summed E-state index contributed by atoms with van der Waals surface area (Å²) in [6.45, 7) is 8.84. The summed E-state index contributed by atoms with van der Waals surface area (Å²) in [6, 6.07) is 0. The molecular formula is C8H19NO4Si. The van der Waals surface area contributed by atoms with Crippen LogP contribution in [0.3, 0.4) is 0 Å². The number of nitrogens with zero attached hydrogens (tertiary/aromatic N) is 1. The number of rotatable bonds is 8. The van der Waals surface area contributed by atoms with Crippen molar-refractivity contribution in [2.45, 2.75) is 13.8 Å². The van der Waals surface area contributed by atoms with Gasteiger partial charge in [0.1, 0.15) is 0 Å². The monoisotopic (exact) mass is 221 g/mol. The molecule has 0 heterocycles. The van der Waals surface area contributed by atoms with Crippen LogP contribution in [0.25, 0.3) is 0 Å². The van der Waals surface area contributed by atoms with Crippen molar-refractivity contribution in [2.24, 2.45) is 0 Å². The maximum absolute atomic E-state index is 9.77. The van der Waals surface area contributed by atoms with E-state index in [1.165, 1.54) is 13.2 Å². The predicted molar refractivity (Wildman–Crippen MR) is 55.1 cm³/mol. The molecule has 0 spiro atoms. The first kappa shape index (κ1) is 13.8. The first-order chi connectivity index (χ1) is 6.61. The highest BCUT2D eigenvalue weighted by molar-refractivity contribution is 6.51. The lowest BCUT2D eigenvalue weighted by Crippen LogP contribution is -2.50. The minimum atomic E-state index is -3.49. The lowest BCUT2D eigenvalue weighted by atomic mass is 10.6. The molecule has 0 bridgehead atoms. The van der Waals surface area contributed by atoms with Gasteiger partial charge in [-0.2, -0.15) is 5.06 Å². The van der Waals surface area contributed by atoms with Gasteiger partial charge in [0.25, 0.3) is 0 Å². The Hall–Kier alpha value is -0.243. The highest BCUT2D eigenvalue weighted by Gasteiger charge is 2.42. The largest absolute Gasteiger partial charge is 0.694 e. The lowest BCUT2D eigenvalue weighted by Gasteiger charge is -2.26. The average Bonchev–Trinajstić information content (AvgIpc) is 2.23. The Balaban J connectivity index is 4.14. The van der Waals surface area contributed by atoms with Gasteiger partial charge in [0.2, 0.25) is 0 Å². The second-order valence-corrected chi connectivity index (χ2v) is 4.46. The van der Waals surface area contributed by atoms with Crippen molar-refractivity contribution in [2.75, 3.05) is 26.8 Å². The Kier molecular flexibility index (Phi) is 6.98. The summed E-state index contributed by atoms with van der Waals surface area (Å²) in [7, 11) is -2.13. The first-order valence-corrected chi connectivity index (χ1v) is 6.25. The molecule has 0 radical (unpaired) electrons. The second-order valence-electron chi connectivity index (χ2n) is 2.53. The zero-order chi connectivity index (χ0) is 11.0. The molecule has 0 aromatic rings. The molecule has 0 saturated heterocycles. The van der Waals surface area contributed by atoms with E-state index in [2.05, 4.69) is 6.58 Å². The van der Waals surface area contributed by atoms with E-state index >= 15 is 0 Å². The second kappa shape index (κ2) is 7.10. The number of hydroxylamine groups is 2. The minimum absolute atomic E-state index is 0.206. The molecule has 6 heteroatoms. The summed E-state index contributed by atoms with van der Waals surface area (Å²) >= 11 is 0. The number of hydrogen-bond acceptors (Lipinski definition) is 5. The van der Waals surface area contributed by atoms with Gasteiger partial charge in [-0.15, -0.1) is 6.58 Å². The maximum Gasteiger partial charge on any atom is 0.694 e. The van der Waals surface area contributed by atoms with Crippen molar-refractivity contribution < 1.29 is 18.2 Å².